The molecule has 146 valence electrons. The van der Waals surface area contributed by atoms with Crippen molar-refractivity contribution in [2.45, 2.75) is 33.6 Å². The van der Waals surface area contributed by atoms with Crippen molar-refractivity contribution < 1.29 is 4.74 Å². The highest BCUT2D eigenvalue weighted by molar-refractivity contribution is 6.30. The van der Waals surface area contributed by atoms with Gasteiger partial charge >= 0.3 is 0 Å². The monoisotopic (exact) mass is 395 g/mol. The zero-order valence-electron chi connectivity index (χ0n) is 16.9. The van der Waals surface area contributed by atoms with Gasteiger partial charge in [0.05, 0.1) is 25.1 Å². The summed E-state index contributed by atoms with van der Waals surface area (Å²) in [7, 11) is 1.69. The molecule has 1 atom stereocenters. The highest BCUT2D eigenvalue weighted by Crippen LogP contribution is 2.26. The molecule has 5 heteroatoms. The van der Waals surface area contributed by atoms with E-state index in [4.69, 9.17) is 21.3 Å². The summed E-state index contributed by atoms with van der Waals surface area (Å²) in [5.41, 5.74) is 6.20. The number of halogens is 1. The first-order valence-corrected chi connectivity index (χ1v) is 9.95. The van der Waals surface area contributed by atoms with E-state index in [1.165, 1.54) is 5.56 Å². The molecule has 0 radical (unpaired) electrons. The molecule has 0 fully saturated rings. The number of benzene rings is 2. The lowest BCUT2D eigenvalue weighted by Gasteiger charge is -2.18. The van der Waals surface area contributed by atoms with Crippen LogP contribution in [0.25, 0.3) is 0 Å². The number of nitrogens with zero attached hydrogens (tertiary/aromatic N) is 3. The van der Waals surface area contributed by atoms with Gasteiger partial charge in [-0.15, -0.1) is 0 Å². The highest BCUT2D eigenvalue weighted by Gasteiger charge is 2.19. The number of ether oxygens (including phenoxy) is 1. The van der Waals surface area contributed by atoms with Gasteiger partial charge in [0.25, 0.3) is 0 Å². The zero-order valence-corrected chi connectivity index (χ0v) is 17.6. The van der Waals surface area contributed by atoms with Crippen LogP contribution in [0.4, 0.5) is 0 Å². The van der Waals surface area contributed by atoms with Crippen molar-refractivity contribution >= 4 is 28.7 Å². The fourth-order valence-electron chi connectivity index (χ4n) is 3.34. The van der Waals surface area contributed by atoms with Gasteiger partial charge < -0.3 is 4.74 Å². The van der Waals surface area contributed by atoms with Crippen LogP contribution in [-0.2, 0) is 6.42 Å². The predicted octanol–water partition coefficient (Wildman–Crippen LogP) is 5.61. The van der Waals surface area contributed by atoms with Gasteiger partial charge in [0.1, 0.15) is 5.75 Å². The van der Waals surface area contributed by atoms with E-state index in [0.717, 1.165) is 46.9 Å². The van der Waals surface area contributed by atoms with Gasteiger partial charge in [-0.1, -0.05) is 36.7 Å². The Morgan fingerprint density at radius 3 is 2.50 bits per heavy atom. The second-order valence-electron chi connectivity index (χ2n) is 7.08. The summed E-state index contributed by atoms with van der Waals surface area (Å²) >= 11 is 6.11. The second-order valence-corrected chi connectivity index (χ2v) is 7.52. The van der Waals surface area contributed by atoms with E-state index in [0.29, 0.717) is 17.5 Å². The van der Waals surface area contributed by atoms with Crippen molar-refractivity contribution in [3.63, 3.8) is 0 Å². The van der Waals surface area contributed by atoms with Gasteiger partial charge in [-0.05, 0) is 56.5 Å². The summed E-state index contributed by atoms with van der Waals surface area (Å²) in [4.78, 5) is 4.92. The highest BCUT2D eigenvalue weighted by atomic mass is 35.5. The molecule has 1 unspecified atom stereocenters. The molecule has 0 aromatic heterocycles. The summed E-state index contributed by atoms with van der Waals surface area (Å²) in [6.45, 7) is 6.71. The molecule has 0 aliphatic carbocycles. The molecule has 0 saturated heterocycles. The fourth-order valence-corrected chi connectivity index (χ4v) is 3.47. The molecule has 1 aliphatic heterocycles. The van der Waals surface area contributed by atoms with Gasteiger partial charge in [-0.2, -0.15) is 10.2 Å². The van der Waals surface area contributed by atoms with E-state index in [1.807, 2.05) is 37.3 Å². The lowest BCUT2D eigenvalue weighted by molar-refractivity contribution is 0.414. The molecule has 1 heterocycles. The van der Waals surface area contributed by atoms with Crippen molar-refractivity contribution in [2.75, 3.05) is 13.7 Å². The first kappa shape index (κ1) is 20.3. The lowest BCUT2D eigenvalue weighted by Crippen LogP contribution is -2.16. The quantitative estimate of drug-likeness (QED) is 0.666. The molecule has 0 amide bonds. The number of methoxy groups -OCH3 is 1. The third-order valence-electron chi connectivity index (χ3n) is 5.08. The number of fused-ring (bicyclic) bond motifs is 1. The Labute approximate surface area is 172 Å². The molecule has 0 bridgehead atoms. The summed E-state index contributed by atoms with van der Waals surface area (Å²) in [6, 6.07) is 14.0. The minimum absolute atomic E-state index is 0.327. The standard InChI is InChI=1S/C23H26ClN3O/c1-5-17-12-19-8-11-21(28-4)13-22(19)23(18-6-9-20(24)10-7-18)25-14-15(2)26-27-16(17)3/h6-11,13,17H,5,12,14H2,1-4H3. The van der Waals surface area contributed by atoms with Crippen LogP contribution < -0.4 is 4.74 Å². The van der Waals surface area contributed by atoms with Crippen LogP contribution in [-0.4, -0.2) is 30.8 Å². The molecule has 0 saturated carbocycles. The van der Waals surface area contributed by atoms with Crippen LogP contribution in [0.5, 0.6) is 5.75 Å². The second kappa shape index (κ2) is 9.16. The van der Waals surface area contributed by atoms with Crippen molar-refractivity contribution in [3.8, 4) is 5.75 Å². The van der Waals surface area contributed by atoms with Crippen molar-refractivity contribution in [1.29, 1.82) is 0 Å². The Bertz CT molecular complexity index is 929. The van der Waals surface area contributed by atoms with Gasteiger partial charge in [0, 0.05) is 27.8 Å². The van der Waals surface area contributed by atoms with E-state index in [9.17, 15) is 0 Å². The van der Waals surface area contributed by atoms with Crippen molar-refractivity contribution in [2.24, 2.45) is 21.1 Å². The Balaban J connectivity index is 2.21. The molecular weight excluding hydrogens is 370 g/mol. The number of rotatable bonds is 3. The topological polar surface area (TPSA) is 46.3 Å². The predicted molar refractivity (Wildman–Crippen MR) is 119 cm³/mol. The summed E-state index contributed by atoms with van der Waals surface area (Å²) in [5.74, 6) is 1.15. The van der Waals surface area contributed by atoms with Crippen molar-refractivity contribution in [1.82, 2.24) is 0 Å². The summed E-state index contributed by atoms with van der Waals surface area (Å²) < 4.78 is 5.51. The third-order valence-corrected chi connectivity index (χ3v) is 5.34. The Hall–Kier alpha value is -2.46. The minimum atomic E-state index is 0.327. The first-order chi connectivity index (χ1) is 13.5. The molecule has 2 aromatic rings. The Kier molecular flexibility index (Phi) is 6.63. The van der Waals surface area contributed by atoms with Crippen LogP contribution in [0.2, 0.25) is 5.02 Å². The molecule has 3 rings (SSSR count). The van der Waals surface area contributed by atoms with Gasteiger partial charge in [-0.3, -0.25) is 4.99 Å². The van der Waals surface area contributed by atoms with Gasteiger partial charge in [0.2, 0.25) is 0 Å². The Morgan fingerprint density at radius 1 is 1.07 bits per heavy atom. The maximum absolute atomic E-state index is 6.11. The van der Waals surface area contributed by atoms with E-state index >= 15 is 0 Å². The SMILES string of the molecule is CCC1Cc2ccc(OC)cc2C(c2ccc(Cl)cc2)=NCC(C)=NN=C1C. The summed E-state index contributed by atoms with van der Waals surface area (Å²) in [6.07, 6.45) is 1.88. The molecule has 4 nitrogen and oxygen atoms in total. The molecule has 2 aromatic carbocycles. The maximum atomic E-state index is 6.11. The number of hydrogen-bond acceptors (Lipinski definition) is 4. The van der Waals surface area contributed by atoms with Crippen LogP contribution in [0.3, 0.4) is 0 Å². The normalized spacial score (nSPS) is 17.6. The molecule has 0 spiro atoms. The molecule has 28 heavy (non-hydrogen) atoms. The first-order valence-electron chi connectivity index (χ1n) is 9.57. The molecule has 1 aliphatic rings. The van der Waals surface area contributed by atoms with Crippen LogP contribution in [0, 0.1) is 5.92 Å². The lowest BCUT2D eigenvalue weighted by atomic mass is 9.88. The number of hydrogen-bond donors (Lipinski definition) is 0. The molecular formula is C23H26ClN3O. The van der Waals surface area contributed by atoms with Gasteiger partial charge in [0.15, 0.2) is 0 Å². The Morgan fingerprint density at radius 2 is 1.82 bits per heavy atom. The minimum Gasteiger partial charge on any atom is -0.497 e. The zero-order chi connectivity index (χ0) is 20.1. The van der Waals surface area contributed by atoms with E-state index < -0.39 is 0 Å². The van der Waals surface area contributed by atoms with Gasteiger partial charge in [-0.25, -0.2) is 0 Å². The fraction of sp³-hybridized carbons (Fsp3) is 0.348. The van der Waals surface area contributed by atoms with E-state index in [2.05, 4.69) is 36.2 Å². The average molecular weight is 396 g/mol. The average Bonchev–Trinajstić information content (AvgIpc) is 2.73. The van der Waals surface area contributed by atoms with E-state index in [1.54, 1.807) is 7.11 Å². The van der Waals surface area contributed by atoms with Crippen LogP contribution in [0.15, 0.2) is 57.7 Å². The third kappa shape index (κ3) is 4.68. The summed E-state index contributed by atoms with van der Waals surface area (Å²) in [5, 5.41) is 9.57. The number of aliphatic imine (C=N–C) groups is 1. The molecule has 0 N–H and O–H groups in total. The van der Waals surface area contributed by atoms with Crippen molar-refractivity contribution in [3.05, 3.63) is 64.2 Å². The smallest absolute Gasteiger partial charge is 0.119 e. The largest absolute Gasteiger partial charge is 0.497 e. The van der Waals surface area contributed by atoms with Crippen LogP contribution >= 0.6 is 11.6 Å². The van der Waals surface area contributed by atoms with E-state index in [-0.39, 0.29) is 0 Å². The van der Waals surface area contributed by atoms with Crippen LogP contribution in [0.1, 0.15) is 43.9 Å². The maximum Gasteiger partial charge on any atom is 0.119 e.